The molecular weight excluding hydrogens is 322 g/mol. The van der Waals surface area contributed by atoms with E-state index in [-0.39, 0.29) is 5.91 Å². The number of carbonyl (C=O) groups excluding carboxylic acids is 1. The number of nitrogen functional groups attached to an aromatic ring is 1. The second kappa shape index (κ2) is 5.94. The summed E-state index contributed by atoms with van der Waals surface area (Å²) in [5.41, 5.74) is 9.20. The van der Waals surface area contributed by atoms with E-state index in [4.69, 9.17) is 15.1 Å². The highest BCUT2D eigenvalue weighted by Crippen LogP contribution is 2.36. The van der Waals surface area contributed by atoms with Crippen LogP contribution in [0.1, 0.15) is 40.0 Å². The van der Waals surface area contributed by atoms with Crippen LogP contribution in [0.15, 0.2) is 28.9 Å². The monoisotopic (exact) mass is 341 g/mol. The first-order valence-electron chi connectivity index (χ1n) is 8.13. The van der Waals surface area contributed by atoms with Gasteiger partial charge in [0, 0.05) is 11.1 Å². The van der Waals surface area contributed by atoms with Crippen molar-refractivity contribution in [1.29, 1.82) is 0 Å². The van der Waals surface area contributed by atoms with Crippen molar-refractivity contribution in [1.82, 2.24) is 10.3 Å². The van der Waals surface area contributed by atoms with Gasteiger partial charge in [0.15, 0.2) is 0 Å². The number of furan rings is 1. The zero-order valence-electron chi connectivity index (χ0n) is 13.5. The van der Waals surface area contributed by atoms with Crippen molar-refractivity contribution in [2.75, 3.05) is 5.73 Å². The minimum atomic E-state index is -0.182. The maximum atomic E-state index is 12.5. The lowest BCUT2D eigenvalue weighted by molar-refractivity contribution is 0.0953. The van der Waals surface area contributed by atoms with Crippen molar-refractivity contribution in [2.24, 2.45) is 5.92 Å². The van der Waals surface area contributed by atoms with Crippen molar-refractivity contribution in [3.8, 4) is 0 Å². The van der Waals surface area contributed by atoms with Gasteiger partial charge in [0.2, 0.25) is 0 Å². The van der Waals surface area contributed by atoms with Gasteiger partial charge in [-0.15, -0.1) is 11.3 Å². The second-order valence-corrected chi connectivity index (χ2v) is 7.40. The predicted octanol–water partition coefficient (Wildman–Crippen LogP) is 3.53. The molecule has 0 spiro atoms. The third-order valence-corrected chi connectivity index (χ3v) is 5.66. The molecule has 4 rings (SSSR count). The van der Waals surface area contributed by atoms with Crippen LogP contribution in [0.3, 0.4) is 0 Å². The number of rotatable bonds is 3. The topological polar surface area (TPSA) is 81.2 Å². The molecule has 5 nitrogen and oxygen atoms in total. The van der Waals surface area contributed by atoms with Gasteiger partial charge in [-0.1, -0.05) is 6.92 Å². The van der Waals surface area contributed by atoms with E-state index in [1.54, 1.807) is 12.3 Å². The Morgan fingerprint density at radius 2 is 2.42 bits per heavy atom. The van der Waals surface area contributed by atoms with Crippen molar-refractivity contribution >= 4 is 33.1 Å². The number of nitrogens with one attached hydrogen (secondary N) is 1. The van der Waals surface area contributed by atoms with Crippen molar-refractivity contribution in [3.63, 3.8) is 0 Å². The highest BCUT2D eigenvalue weighted by Gasteiger charge is 2.22. The van der Waals surface area contributed by atoms with Crippen LogP contribution in [0.2, 0.25) is 0 Å². The lowest BCUT2D eigenvalue weighted by Gasteiger charge is -2.20. The molecular formula is C18H19N3O2S. The summed E-state index contributed by atoms with van der Waals surface area (Å²) >= 11 is 1.36. The molecule has 1 aliphatic carbocycles. The molecule has 0 bridgehead atoms. The Morgan fingerprint density at radius 1 is 1.54 bits per heavy atom. The zero-order chi connectivity index (χ0) is 16.7. The maximum Gasteiger partial charge on any atom is 0.263 e. The Morgan fingerprint density at radius 3 is 3.21 bits per heavy atom. The Balaban J connectivity index is 1.64. The summed E-state index contributed by atoms with van der Waals surface area (Å²) < 4.78 is 5.23. The number of aryl methyl sites for hydroxylation is 1. The molecule has 3 aromatic heterocycles. The lowest BCUT2D eigenvalue weighted by Crippen LogP contribution is -2.22. The summed E-state index contributed by atoms with van der Waals surface area (Å²) in [5.74, 6) is 1.21. The van der Waals surface area contributed by atoms with Crippen LogP contribution in [-0.4, -0.2) is 10.9 Å². The summed E-state index contributed by atoms with van der Waals surface area (Å²) in [5, 5.41) is 3.75. The van der Waals surface area contributed by atoms with Crippen molar-refractivity contribution in [2.45, 2.75) is 32.7 Å². The zero-order valence-corrected chi connectivity index (χ0v) is 14.3. The summed E-state index contributed by atoms with van der Waals surface area (Å²) in [6.07, 6.45) is 4.80. The fraction of sp³-hybridized carbons (Fsp3) is 0.333. The molecule has 0 fully saturated rings. The fourth-order valence-electron chi connectivity index (χ4n) is 3.20. The molecule has 24 heavy (non-hydrogen) atoms. The molecule has 0 saturated carbocycles. The first kappa shape index (κ1) is 15.2. The van der Waals surface area contributed by atoms with E-state index in [2.05, 4.69) is 18.3 Å². The number of aromatic nitrogens is 1. The fourth-order valence-corrected chi connectivity index (χ4v) is 4.21. The third kappa shape index (κ3) is 2.67. The van der Waals surface area contributed by atoms with Crippen LogP contribution in [0, 0.1) is 5.92 Å². The van der Waals surface area contributed by atoms with E-state index in [0.29, 0.717) is 28.8 Å². The van der Waals surface area contributed by atoms with Crippen LogP contribution in [0.5, 0.6) is 0 Å². The van der Waals surface area contributed by atoms with Crippen LogP contribution in [-0.2, 0) is 19.4 Å². The molecule has 1 amide bonds. The van der Waals surface area contributed by atoms with E-state index >= 15 is 0 Å². The van der Waals surface area contributed by atoms with E-state index in [9.17, 15) is 4.79 Å². The number of carbonyl (C=O) groups is 1. The number of amides is 1. The second-order valence-electron chi connectivity index (χ2n) is 6.40. The SMILES string of the molecule is CC1CCc2nc3sc(C(=O)NCc4ccco4)c(N)c3cc2C1. The van der Waals surface area contributed by atoms with Gasteiger partial charge in [-0.25, -0.2) is 4.98 Å². The average molecular weight is 341 g/mol. The molecule has 0 aliphatic heterocycles. The van der Waals surface area contributed by atoms with Crippen LogP contribution in [0.4, 0.5) is 5.69 Å². The summed E-state index contributed by atoms with van der Waals surface area (Å²) in [6.45, 7) is 2.61. The van der Waals surface area contributed by atoms with E-state index in [0.717, 1.165) is 28.8 Å². The first-order chi connectivity index (χ1) is 11.6. The minimum Gasteiger partial charge on any atom is -0.467 e. The number of hydrogen-bond donors (Lipinski definition) is 2. The van der Waals surface area contributed by atoms with Gasteiger partial charge in [-0.05, 0) is 48.9 Å². The molecule has 0 aromatic carbocycles. The predicted molar refractivity (Wildman–Crippen MR) is 95.1 cm³/mol. The van der Waals surface area contributed by atoms with Crippen molar-refractivity contribution in [3.05, 3.63) is 46.4 Å². The van der Waals surface area contributed by atoms with Gasteiger partial charge in [-0.3, -0.25) is 4.79 Å². The molecule has 1 unspecified atom stereocenters. The van der Waals surface area contributed by atoms with E-state index in [1.807, 2.05) is 6.07 Å². The Kier molecular flexibility index (Phi) is 3.76. The van der Waals surface area contributed by atoms with E-state index < -0.39 is 0 Å². The number of hydrogen-bond acceptors (Lipinski definition) is 5. The standard InChI is InChI=1S/C18H19N3O2S/c1-10-4-5-14-11(7-10)8-13-15(19)16(24-18(13)21-14)17(22)20-9-12-3-2-6-23-12/h2-3,6,8,10H,4-5,7,9,19H2,1H3,(H,20,22). The number of nitrogens with two attached hydrogens (primary N) is 1. The van der Waals surface area contributed by atoms with Gasteiger partial charge in [0.25, 0.3) is 5.91 Å². The number of pyridine rings is 1. The van der Waals surface area contributed by atoms with Crippen LogP contribution < -0.4 is 11.1 Å². The van der Waals surface area contributed by atoms with Crippen LogP contribution in [0.25, 0.3) is 10.2 Å². The van der Waals surface area contributed by atoms with Gasteiger partial charge >= 0.3 is 0 Å². The molecule has 3 aromatic rings. The Labute approximate surface area is 143 Å². The minimum absolute atomic E-state index is 0.182. The number of fused-ring (bicyclic) bond motifs is 2. The smallest absolute Gasteiger partial charge is 0.263 e. The molecule has 3 heterocycles. The summed E-state index contributed by atoms with van der Waals surface area (Å²) in [4.78, 5) is 18.6. The molecule has 6 heteroatoms. The normalized spacial score (nSPS) is 17.0. The lowest BCUT2D eigenvalue weighted by atomic mass is 9.87. The number of nitrogens with zero attached hydrogens (tertiary/aromatic N) is 1. The highest BCUT2D eigenvalue weighted by molar-refractivity contribution is 7.21. The van der Waals surface area contributed by atoms with Gasteiger partial charge in [0.05, 0.1) is 18.5 Å². The molecule has 0 radical (unpaired) electrons. The maximum absolute atomic E-state index is 12.5. The van der Waals surface area contributed by atoms with Crippen LogP contribution >= 0.6 is 11.3 Å². The van der Waals surface area contributed by atoms with Gasteiger partial charge in [0.1, 0.15) is 15.5 Å². The van der Waals surface area contributed by atoms with Gasteiger partial charge in [-0.2, -0.15) is 0 Å². The molecule has 1 aliphatic rings. The molecule has 3 N–H and O–H groups in total. The molecule has 124 valence electrons. The Bertz CT molecular complexity index is 899. The van der Waals surface area contributed by atoms with Crippen molar-refractivity contribution < 1.29 is 9.21 Å². The summed E-state index contributed by atoms with van der Waals surface area (Å²) in [6, 6.07) is 5.75. The third-order valence-electron chi connectivity index (χ3n) is 4.54. The number of thiophene rings is 1. The average Bonchev–Trinajstić information content (AvgIpc) is 3.19. The number of anilines is 1. The Hall–Kier alpha value is -2.34. The molecule has 0 saturated heterocycles. The highest BCUT2D eigenvalue weighted by atomic mass is 32.1. The van der Waals surface area contributed by atoms with E-state index in [1.165, 1.54) is 23.3 Å². The first-order valence-corrected chi connectivity index (χ1v) is 8.95. The quantitative estimate of drug-likeness (QED) is 0.763. The summed E-state index contributed by atoms with van der Waals surface area (Å²) in [7, 11) is 0. The largest absolute Gasteiger partial charge is 0.467 e. The molecule has 1 atom stereocenters. The van der Waals surface area contributed by atoms with Gasteiger partial charge < -0.3 is 15.5 Å².